The van der Waals surface area contributed by atoms with E-state index < -0.39 is 10.0 Å². The number of halogens is 2. The first-order chi connectivity index (χ1) is 9.88. The zero-order valence-electron chi connectivity index (χ0n) is 11.3. The topological polar surface area (TPSA) is 37.4 Å². The van der Waals surface area contributed by atoms with Gasteiger partial charge >= 0.3 is 0 Å². The van der Waals surface area contributed by atoms with Crippen LogP contribution in [0, 0.1) is 12.7 Å². The average Bonchev–Trinajstić information content (AvgIpc) is 2.84. The Morgan fingerprint density at radius 1 is 1.14 bits per heavy atom. The summed E-state index contributed by atoms with van der Waals surface area (Å²) in [5.74, 6) is -0.374. The first-order valence-electron chi connectivity index (χ1n) is 6.41. The lowest BCUT2D eigenvalue weighted by Gasteiger charge is -2.15. The predicted octanol–water partition coefficient (Wildman–Crippen LogP) is 3.60. The Balaban J connectivity index is 1.97. The van der Waals surface area contributed by atoms with E-state index in [1.807, 2.05) is 6.92 Å². The molecular weight excluding hydrogens is 357 g/mol. The van der Waals surface area contributed by atoms with Gasteiger partial charge in [0.05, 0.1) is 4.90 Å². The van der Waals surface area contributed by atoms with Gasteiger partial charge in [-0.3, -0.25) is 0 Å². The lowest BCUT2D eigenvalue weighted by atomic mass is 10.1. The minimum absolute atomic E-state index is 0.0741. The molecule has 0 amide bonds. The van der Waals surface area contributed by atoms with Gasteiger partial charge in [0.2, 0.25) is 10.0 Å². The Bertz CT molecular complexity index is 803. The maximum Gasteiger partial charge on any atom is 0.243 e. The van der Waals surface area contributed by atoms with Crippen molar-refractivity contribution in [1.29, 1.82) is 0 Å². The Hall–Kier alpha value is -1.24. The van der Waals surface area contributed by atoms with Crippen LogP contribution in [0.4, 0.5) is 4.39 Å². The highest BCUT2D eigenvalue weighted by atomic mass is 79.9. The molecule has 0 aromatic heterocycles. The molecule has 0 radical (unpaired) electrons. The highest BCUT2D eigenvalue weighted by Gasteiger charge is 2.32. The third-order valence-electron chi connectivity index (χ3n) is 3.59. The fourth-order valence-corrected chi connectivity index (χ4v) is 4.29. The zero-order chi connectivity index (χ0) is 15.2. The molecule has 2 aromatic carbocycles. The number of fused-ring (bicyclic) bond motifs is 1. The van der Waals surface area contributed by atoms with E-state index in [-0.39, 0.29) is 23.8 Å². The number of rotatable bonds is 2. The molecule has 0 atom stereocenters. The molecule has 1 aliphatic heterocycles. The normalized spacial score (nSPS) is 15.2. The van der Waals surface area contributed by atoms with Gasteiger partial charge in [-0.25, -0.2) is 12.8 Å². The van der Waals surface area contributed by atoms with Gasteiger partial charge in [-0.2, -0.15) is 4.31 Å². The molecule has 2 aromatic rings. The summed E-state index contributed by atoms with van der Waals surface area (Å²) in [6.45, 7) is 2.17. The number of benzene rings is 2. The van der Waals surface area contributed by atoms with E-state index >= 15 is 0 Å². The van der Waals surface area contributed by atoms with Crippen LogP contribution in [0.1, 0.15) is 16.7 Å². The van der Waals surface area contributed by atoms with Gasteiger partial charge in [0, 0.05) is 23.1 Å². The van der Waals surface area contributed by atoms with Crippen LogP contribution in [-0.4, -0.2) is 12.7 Å². The van der Waals surface area contributed by atoms with Gasteiger partial charge in [-0.15, -0.1) is 0 Å². The van der Waals surface area contributed by atoms with E-state index in [0.29, 0.717) is 15.6 Å². The Morgan fingerprint density at radius 3 is 2.48 bits per heavy atom. The molecule has 0 aliphatic carbocycles. The maximum atomic E-state index is 13.9. The number of aryl methyl sites for hydroxylation is 1. The molecule has 21 heavy (non-hydrogen) atoms. The Kier molecular flexibility index (Phi) is 3.63. The lowest BCUT2D eigenvalue weighted by Crippen LogP contribution is -2.25. The van der Waals surface area contributed by atoms with Gasteiger partial charge in [-0.05, 0) is 36.8 Å². The second-order valence-corrected chi connectivity index (χ2v) is 7.97. The third-order valence-corrected chi connectivity index (χ3v) is 5.86. The van der Waals surface area contributed by atoms with Crippen molar-refractivity contribution in [3.8, 4) is 0 Å². The summed E-state index contributed by atoms with van der Waals surface area (Å²) in [5, 5.41) is 0. The highest BCUT2D eigenvalue weighted by molar-refractivity contribution is 9.10. The molecule has 0 unspecified atom stereocenters. The van der Waals surface area contributed by atoms with Crippen LogP contribution in [-0.2, 0) is 23.1 Å². The fraction of sp³-hybridized carbons (Fsp3) is 0.200. The van der Waals surface area contributed by atoms with Crippen LogP contribution in [0.15, 0.2) is 45.8 Å². The molecule has 0 saturated carbocycles. The van der Waals surface area contributed by atoms with Gasteiger partial charge in [-0.1, -0.05) is 33.6 Å². The first kappa shape index (κ1) is 14.7. The quantitative estimate of drug-likeness (QED) is 0.810. The number of hydrogen-bond acceptors (Lipinski definition) is 2. The smallest absolute Gasteiger partial charge is 0.207 e. The van der Waals surface area contributed by atoms with Crippen LogP contribution in [0.3, 0.4) is 0 Å². The highest BCUT2D eigenvalue weighted by Crippen LogP contribution is 2.32. The summed E-state index contributed by atoms with van der Waals surface area (Å²) in [7, 11) is -3.60. The van der Waals surface area contributed by atoms with E-state index in [1.54, 1.807) is 30.3 Å². The lowest BCUT2D eigenvalue weighted by molar-refractivity contribution is 0.428. The molecular formula is C15H13BrFNO2S. The van der Waals surface area contributed by atoms with Crippen LogP contribution in [0.5, 0.6) is 0 Å². The van der Waals surface area contributed by atoms with E-state index in [4.69, 9.17) is 0 Å². The van der Waals surface area contributed by atoms with Gasteiger partial charge < -0.3 is 0 Å². The van der Waals surface area contributed by atoms with Crippen molar-refractivity contribution < 1.29 is 12.8 Å². The SMILES string of the molecule is Cc1ccc(S(=O)(=O)N2Cc3cc(Br)cc(F)c3C2)cc1. The molecule has 6 heteroatoms. The Labute approximate surface area is 131 Å². The minimum Gasteiger partial charge on any atom is -0.207 e. The molecule has 110 valence electrons. The second kappa shape index (κ2) is 5.19. The van der Waals surface area contributed by atoms with Crippen LogP contribution in [0.25, 0.3) is 0 Å². The molecule has 0 spiro atoms. The summed E-state index contributed by atoms with van der Waals surface area (Å²) in [4.78, 5) is 0.236. The van der Waals surface area contributed by atoms with Crippen molar-refractivity contribution in [1.82, 2.24) is 4.31 Å². The largest absolute Gasteiger partial charge is 0.243 e. The van der Waals surface area contributed by atoms with Gasteiger partial charge in [0.1, 0.15) is 5.82 Å². The summed E-state index contributed by atoms with van der Waals surface area (Å²) in [5.41, 5.74) is 2.15. The van der Waals surface area contributed by atoms with Crippen LogP contribution < -0.4 is 0 Å². The molecule has 1 heterocycles. The monoisotopic (exact) mass is 369 g/mol. The summed E-state index contributed by atoms with van der Waals surface area (Å²) in [6.07, 6.45) is 0. The number of hydrogen-bond donors (Lipinski definition) is 0. The van der Waals surface area contributed by atoms with Crippen molar-refractivity contribution in [3.63, 3.8) is 0 Å². The molecule has 0 N–H and O–H groups in total. The summed E-state index contributed by atoms with van der Waals surface area (Å²) < 4.78 is 41.0. The Morgan fingerprint density at radius 2 is 1.81 bits per heavy atom. The number of nitrogens with zero attached hydrogens (tertiary/aromatic N) is 1. The molecule has 0 bridgehead atoms. The van der Waals surface area contributed by atoms with Crippen LogP contribution in [0.2, 0.25) is 0 Å². The van der Waals surface area contributed by atoms with Gasteiger partial charge in [0.15, 0.2) is 0 Å². The fourth-order valence-electron chi connectivity index (χ4n) is 2.43. The van der Waals surface area contributed by atoms with Crippen LogP contribution >= 0.6 is 15.9 Å². The van der Waals surface area contributed by atoms with E-state index in [1.165, 1.54) is 10.4 Å². The van der Waals surface area contributed by atoms with Crippen molar-refractivity contribution in [3.05, 3.63) is 63.4 Å². The van der Waals surface area contributed by atoms with Crippen molar-refractivity contribution in [2.45, 2.75) is 24.9 Å². The molecule has 0 fully saturated rings. The van der Waals surface area contributed by atoms with Crippen molar-refractivity contribution in [2.24, 2.45) is 0 Å². The molecule has 1 aliphatic rings. The van der Waals surface area contributed by atoms with Crippen molar-refractivity contribution >= 4 is 26.0 Å². The van der Waals surface area contributed by atoms with Crippen molar-refractivity contribution in [2.75, 3.05) is 0 Å². The van der Waals surface area contributed by atoms with Gasteiger partial charge in [0.25, 0.3) is 0 Å². The first-order valence-corrected chi connectivity index (χ1v) is 8.65. The standard InChI is InChI=1S/C15H13BrFNO2S/c1-10-2-4-13(5-3-10)21(19,20)18-8-11-6-12(16)7-15(17)14(11)9-18/h2-7H,8-9H2,1H3. The zero-order valence-corrected chi connectivity index (χ0v) is 13.7. The third kappa shape index (κ3) is 2.63. The van der Waals surface area contributed by atoms with E-state index in [9.17, 15) is 12.8 Å². The molecule has 3 rings (SSSR count). The summed E-state index contributed by atoms with van der Waals surface area (Å²) >= 11 is 3.23. The molecule has 3 nitrogen and oxygen atoms in total. The average molecular weight is 370 g/mol. The van der Waals surface area contributed by atoms with E-state index in [0.717, 1.165) is 5.56 Å². The molecule has 0 saturated heterocycles. The maximum absolute atomic E-state index is 13.9. The predicted molar refractivity (Wildman–Crippen MR) is 81.7 cm³/mol. The summed E-state index contributed by atoms with van der Waals surface area (Å²) in [6, 6.07) is 9.81. The van der Waals surface area contributed by atoms with E-state index in [2.05, 4.69) is 15.9 Å². The number of sulfonamides is 1. The second-order valence-electron chi connectivity index (χ2n) is 5.11. The minimum atomic E-state index is -3.60.